The highest BCUT2D eigenvalue weighted by Gasteiger charge is 2.56. The van der Waals surface area contributed by atoms with Gasteiger partial charge in [0.05, 0.1) is 15.5 Å². The fraction of sp³-hybridized carbons (Fsp3) is 0.615. The minimum Gasteiger partial charge on any atom is -0.452 e. The monoisotopic (exact) mass is 377 g/mol. The van der Waals surface area contributed by atoms with Gasteiger partial charge in [-0.25, -0.2) is 9.59 Å². The van der Waals surface area contributed by atoms with Crippen LogP contribution in [0.25, 0.3) is 0 Å². The van der Waals surface area contributed by atoms with E-state index in [2.05, 4.69) is 9.84 Å². The zero-order valence-electron chi connectivity index (χ0n) is 13.6. The Morgan fingerprint density at radius 3 is 2.80 bits per heavy atom. The molecular weight excluding hydrogens is 357 g/mol. The number of carbonyl (C=O) groups excluding carboxylic acids is 2. The fourth-order valence-electron chi connectivity index (χ4n) is 2.78. The molecule has 1 saturated heterocycles. The molecule has 2 aliphatic heterocycles. The molecule has 2 rings (SSSR count). The van der Waals surface area contributed by atoms with Crippen LogP contribution in [-0.2, 0) is 28.3 Å². The van der Waals surface area contributed by atoms with Crippen molar-refractivity contribution < 1.29 is 38.2 Å². The molecule has 0 spiro atoms. The van der Waals surface area contributed by atoms with Crippen LogP contribution in [0.5, 0.6) is 0 Å². The summed E-state index contributed by atoms with van der Waals surface area (Å²) in [7, 11) is 3.05. The summed E-state index contributed by atoms with van der Waals surface area (Å²) in [6.45, 7) is 1.43. The van der Waals surface area contributed by atoms with Crippen LogP contribution in [-0.4, -0.2) is 60.9 Å². The summed E-state index contributed by atoms with van der Waals surface area (Å²) in [5.41, 5.74) is 5.36. The third-order valence-electron chi connectivity index (χ3n) is 4.04. The van der Waals surface area contributed by atoms with Gasteiger partial charge in [-0.1, -0.05) is 6.92 Å². The minimum atomic E-state index is -2.11. The summed E-state index contributed by atoms with van der Waals surface area (Å²) in [5, 5.41) is 21.1. The van der Waals surface area contributed by atoms with Gasteiger partial charge in [0.15, 0.2) is 18.2 Å². The highest BCUT2D eigenvalue weighted by Crippen LogP contribution is 2.38. The molecule has 0 aliphatic carbocycles. The van der Waals surface area contributed by atoms with Crippen molar-refractivity contribution in [3.63, 3.8) is 0 Å². The Labute approximate surface area is 145 Å². The van der Waals surface area contributed by atoms with E-state index in [-0.39, 0.29) is 18.3 Å². The van der Waals surface area contributed by atoms with Crippen molar-refractivity contribution in [2.75, 3.05) is 13.7 Å². The van der Waals surface area contributed by atoms with E-state index in [1.165, 1.54) is 13.2 Å². The molecule has 25 heavy (non-hydrogen) atoms. The van der Waals surface area contributed by atoms with E-state index < -0.39 is 42.1 Å². The van der Waals surface area contributed by atoms with Gasteiger partial charge in [-0.05, 0) is 6.08 Å². The maximum Gasteiger partial charge on any atom is 0.508 e. The molecule has 2 aliphatic rings. The Morgan fingerprint density at radius 2 is 2.32 bits per heavy atom. The number of hydrogen-bond donors (Lipinski definition) is 4. The smallest absolute Gasteiger partial charge is 0.452 e. The maximum atomic E-state index is 11.9. The van der Waals surface area contributed by atoms with Gasteiger partial charge in [-0.2, -0.15) is 0 Å². The lowest BCUT2D eigenvalue weighted by Crippen LogP contribution is -2.63. The maximum absolute atomic E-state index is 11.9. The van der Waals surface area contributed by atoms with Gasteiger partial charge >= 0.3 is 12.1 Å². The third kappa shape index (κ3) is 3.78. The number of rotatable bonds is 5. The number of aliphatic hydroxyl groups is 1. The summed E-state index contributed by atoms with van der Waals surface area (Å²) >= 11 is 0. The largest absolute Gasteiger partial charge is 0.508 e. The molecule has 5 N–H and O–H groups in total. The van der Waals surface area contributed by atoms with E-state index in [4.69, 9.17) is 30.1 Å². The quantitative estimate of drug-likeness (QED) is 0.201. The molecule has 0 saturated carbocycles. The number of nitrogens with two attached hydrogens (primary N) is 1. The molecular formula is C13H20N3O8P. The summed E-state index contributed by atoms with van der Waals surface area (Å²) in [4.78, 5) is 23.1. The molecule has 12 heteroatoms. The molecule has 2 heterocycles. The first-order valence-corrected chi connectivity index (χ1v) is 7.71. The number of methoxy groups -OCH3 is 1. The molecule has 0 aromatic rings. The van der Waals surface area contributed by atoms with Crippen LogP contribution in [0.15, 0.2) is 11.8 Å². The van der Waals surface area contributed by atoms with E-state index in [9.17, 15) is 14.7 Å². The Kier molecular flexibility index (Phi) is 5.71. The van der Waals surface area contributed by atoms with Gasteiger partial charge in [0.1, 0.15) is 6.61 Å². The number of cyclic esters (lactones) is 2. The standard InChI is InChI=1S/C13H20N3O8P/c1-5-6(16-11(14)15)3-7(10(17)24-25)23-13(5,19)9(20-2)8-4-21-12(18)22-8/h3,5-6,8-9,19H,4,25H2,1-2H3,(H4,14,15,16)/t5-,6+,8-,9-,13-/m1/s1. The molecule has 1 unspecified atom stereocenters. The first-order chi connectivity index (χ1) is 11.7. The highest BCUT2D eigenvalue weighted by atomic mass is 31.0. The summed E-state index contributed by atoms with van der Waals surface area (Å²) in [6.07, 6.45) is -1.73. The van der Waals surface area contributed by atoms with E-state index in [0.29, 0.717) is 0 Å². The Morgan fingerprint density at radius 1 is 1.64 bits per heavy atom. The normalized spacial score (nSPS) is 32.6. The first kappa shape index (κ1) is 19.2. The van der Waals surface area contributed by atoms with Crippen molar-refractivity contribution in [1.82, 2.24) is 5.32 Å². The van der Waals surface area contributed by atoms with E-state index >= 15 is 0 Å². The lowest BCUT2D eigenvalue weighted by molar-refractivity contribution is -0.292. The summed E-state index contributed by atoms with van der Waals surface area (Å²) < 4.78 is 25.0. The molecule has 0 aromatic heterocycles. The second-order valence-electron chi connectivity index (χ2n) is 5.54. The predicted molar refractivity (Wildman–Crippen MR) is 84.9 cm³/mol. The first-order valence-electron chi connectivity index (χ1n) is 7.24. The Balaban J connectivity index is 2.38. The van der Waals surface area contributed by atoms with Gasteiger partial charge in [-0.3, -0.25) is 5.41 Å². The van der Waals surface area contributed by atoms with Crippen LogP contribution < -0.4 is 11.1 Å². The van der Waals surface area contributed by atoms with Crippen LogP contribution >= 0.6 is 9.47 Å². The van der Waals surface area contributed by atoms with Crippen molar-refractivity contribution in [2.24, 2.45) is 11.7 Å². The number of ether oxygens (including phenoxy) is 4. The minimum absolute atomic E-state index is 0.159. The second-order valence-corrected chi connectivity index (χ2v) is 5.77. The van der Waals surface area contributed by atoms with E-state index in [1.807, 2.05) is 0 Å². The van der Waals surface area contributed by atoms with Gasteiger partial charge in [0.2, 0.25) is 11.5 Å². The van der Waals surface area contributed by atoms with Gasteiger partial charge in [-0.15, -0.1) is 0 Å². The van der Waals surface area contributed by atoms with Gasteiger partial charge in [0.25, 0.3) is 0 Å². The van der Waals surface area contributed by atoms with Crippen LogP contribution in [0.4, 0.5) is 4.79 Å². The van der Waals surface area contributed by atoms with Crippen LogP contribution in [0.3, 0.4) is 0 Å². The zero-order valence-corrected chi connectivity index (χ0v) is 14.7. The number of nitrogens with one attached hydrogen (secondary N) is 2. The van der Waals surface area contributed by atoms with Crippen LogP contribution in [0, 0.1) is 11.3 Å². The number of hydrogen-bond acceptors (Lipinski definition) is 9. The molecule has 11 nitrogen and oxygen atoms in total. The predicted octanol–water partition coefficient (Wildman–Crippen LogP) is -1.04. The molecule has 6 atom stereocenters. The van der Waals surface area contributed by atoms with E-state index in [1.54, 1.807) is 16.4 Å². The average Bonchev–Trinajstić information content (AvgIpc) is 2.97. The van der Waals surface area contributed by atoms with Crippen molar-refractivity contribution >= 4 is 27.6 Å². The Hall–Kier alpha value is -2.10. The molecule has 1 fully saturated rings. The van der Waals surface area contributed by atoms with Gasteiger partial charge < -0.3 is 39.6 Å². The van der Waals surface area contributed by atoms with Crippen LogP contribution in [0.1, 0.15) is 6.92 Å². The molecule has 0 aromatic carbocycles. The van der Waals surface area contributed by atoms with Crippen molar-refractivity contribution in [3.8, 4) is 0 Å². The molecule has 140 valence electrons. The van der Waals surface area contributed by atoms with Gasteiger partial charge in [0, 0.05) is 13.0 Å². The zero-order chi connectivity index (χ0) is 18.8. The second kappa shape index (κ2) is 7.42. The SMILES string of the molecule is CO[C@H]([C@H]1COC(=O)O1)[C@]1(O)OC(C(=O)OP)=C[C@H](NC(=N)N)[C@H]1C. The number of guanidine groups is 1. The van der Waals surface area contributed by atoms with E-state index in [0.717, 1.165) is 0 Å². The lowest BCUT2D eigenvalue weighted by Gasteiger charge is -2.45. The Bertz CT molecular complexity index is 600. The van der Waals surface area contributed by atoms with Crippen molar-refractivity contribution in [3.05, 3.63) is 11.8 Å². The van der Waals surface area contributed by atoms with Crippen molar-refractivity contribution in [2.45, 2.75) is 31.0 Å². The average molecular weight is 377 g/mol. The number of carbonyl (C=O) groups is 2. The lowest BCUT2D eigenvalue weighted by atomic mass is 9.84. The van der Waals surface area contributed by atoms with Crippen LogP contribution in [0.2, 0.25) is 0 Å². The summed E-state index contributed by atoms with van der Waals surface area (Å²) in [6, 6.07) is -0.758. The molecule has 0 bridgehead atoms. The van der Waals surface area contributed by atoms with Crippen molar-refractivity contribution in [1.29, 1.82) is 5.41 Å². The third-order valence-corrected chi connectivity index (χ3v) is 4.25. The highest BCUT2D eigenvalue weighted by molar-refractivity contribution is 7.10. The fourth-order valence-corrected chi connectivity index (χ4v) is 2.89. The topological polar surface area (TPSA) is 162 Å². The molecule has 0 amide bonds. The summed E-state index contributed by atoms with van der Waals surface area (Å²) in [5.74, 6) is -4.44. The molecule has 0 radical (unpaired) electrons.